The van der Waals surface area contributed by atoms with Crippen molar-refractivity contribution in [1.82, 2.24) is 0 Å². The minimum Gasteiger partial charge on any atom is -0.201 e. The number of hydrogen-bond acceptors (Lipinski definition) is 4. The molecule has 0 amide bonds. The lowest BCUT2D eigenvalue weighted by molar-refractivity contribution is -0.654. The van der Waals surface area contributed by atoms with Gasteiger partial charge in [0.05, 0.1) is 11.7 Å². The monoisotopic (exact) mass is 164 g/mol. The molecule has 0 aromatic rings. The molecule has 4 nitrogen and oxygen atoms in total. The van der Waals surface area contributed by atoms with Gasteiger partial charge in [-0.1, -0.05) is 0 Å². The first-order valence-corrected chi connectivity index (χ1v) is 3.59. The average molecular weight is 164 g/mol. The van der Waals surface area contributed by atoms with Crippen molar-refractivity contribution < 1.29 is 19.9 Å². The van der Waals surface area contributed by atoms with E-state index in [-0.39, 0.29) is 11.7 Å². The summed E-state index contributed by atoms with van der Waals surface area (Å²) in [6.45, 7) is 9.16. The molecule has 0 atom stereocenters. The Morgan fingerprint density at radius 3 is 1.91 bits per heavy atom. The van der Waals surface area contributed by atoms with E-state index in [2.05, 4.69) is 15.0 Å². The predicted molar refractivity (Wildman–Crippen MR) is 39.2 cm³/mol. The lowest BCUT2D eigenvalue weighted by atomic mass is 10.2. The summed E-state index contributed by atoms with van der Waals surface area (Å²) in [5, 5.41) is 8.54. The fraction of sp³-hybridized carbons (Fsp3) is 1.00. The smallest absolute Gasteiger partial charge is 0.0984 e. The van der Waals surface area contributed by atoms with Crippen LogP contribution in [0.25, 0.3) is 0 Å². The molecule has 68 valence electrons. The quantitative estimate of drug-likeness (QED) is 0.362. The highest BCUT2D eigenvalue weighted by molar-refractivity contribution is 4.53. The van der Waals surface area contributed by atoms with Gasteiger partial charge in [-0.25, -0.2) is 4.89 Å². The molecule has 0 aliphatic rings. The van der Waals surface area contributed by atoms with Crippen LogP contribution in [0, 0.1) is 0 Å². The molecular formula is C7H16O4. The molecule has 0 heterocycles. The van der Waals surface area contributed by atoms with Crippen LogP contribution in [0.4, 0.5) is 0 Å². The van der Waals surface area contributed by atoms with E-state index in [9.17, 15) is 0 Å². The van der Waals surface area contributed by atoms with Crippen molar-refractivity contribution in [1.29, 1.82) is 0 Å². The third kappa shape index (κ3) is 9.84. The van der Waals surface area contributed by atoms with Gasteiger partial charge in [0.1, 0.15) is 0 Å². The van der Waals surface area contributed by atoms with Gasteiger partial charge in [-0.3, -0.25) is 0 Å². The van der Waals surface area contributed by atoms with Gasteiger partial charge < -0.3 is 0 Å². The Morgan fingerprint density at radius 1 is 1.00 bits per heavy atom. The summed E-state index contributed by atoms with van der Waals surface area (Å²) < 4.78 is 0. The zero-order valence-corrected chi connectivity index (χ0v) is 7.71. The minimum absolute atomic E-state index is 0.0430. The van der Waals surface area contributed by atoms with Crippen LogP contribution in [0.1, 0.15) is 34.6 Å². The second-order valence-corrected chi connectivity index (χ2v) is 3.48. The molecule has 4 heteroatoms. The highest BCUT2D eigenvalue weighted by atomic mass is 17.7. The van der Waals surface area contributed by atoms with E-state index in [4.69, 9.17) is 4.89 Å². The van der Waals surface area contributed by atoms with Crippen molar-refractivity contribution >= 4 is 0 Å². The summed E-state index contributed by atoms with van der Waals surface area (Å²) >= 11 is 0. The maximum atomic E-state index is 4.73. The Morgan fingerprint density at radius 2 is 1.55 bits per heavy atom. The summed E-state index contributed by atoms with van der Waals surface area (Å²) in [6, 6.07) is 0. The molecule has 0 spiro atoms. The number of hydrogen-bond donors (Lipinski definition) is 0. The van der Waals surface area contributed by atoms with E-state index >= 15 is 0 Å². The Labute approximate surface area is 67.2 Å². The van der Waals surface area contributed by atoms with Gasteiger partial charge in [0.25, 0.3) is 0 Å². The van der Waals surface area contributed by atoms with Gasteiger partial charge in [0.2, 0.25) is 0 Å². The Kier molecular flexibility index (Phi) is 4.60. The SMILES string of the molecule is CC(C)OOOOC(C)(C)C. The van der Waals surface area contributed by atoms with Crippen molar-refractivity contribution in [2.24, 2.45) is 0 Å². The largest absolute Gasteiger partial charge is 0.201 e. The molecule has 0 saturated carbocycles. The maximum Gasteiger partial charge on any atom is 0.0984 e. The molecule has 0 aromatic heterocycles. The van der Waals surface area contributed by atoms with Crippen LogP contribution in [-0.2, 0) is 19.9 Å². The van der Waals surface area contributed by atoms with E-state index in [0.29, 0.717) is 0 Å². The van der Waals surface area contributed by atoms with Crippen LogP contribution in [-0.4, -0.2) is 11.7 Å². The summed E-state index contributed by atoms with van der Waals surface area (Å²) in [4.78, 5) is 9.32. The minimum atomic E-state index is -0.389. The lowest BCUT2D eigenvalue weighted by Gasteiger charge is -2.15. The number of rotatable bonds is 4. The van der Waals surface area contributed by atoms with E-state index in [1.807, 2.05) is 34.6 Å². The highest BCUT2D eigenvalue weighted by Gasteiger charge is 2.12. The van der Waals surface area contributed by atoms with E-state index in [1.54, 1.807) is 0 Å². The molecule has 0 aliphatic heterocycles. The van der Waals surface area contributed by atoms with Crippen molar-refractivity contribution in [3.8, 4) is 0 Å². The molecule has 11 heavy (non-hydrogen) atoms. The van der Waals surface area contributed by atoms with E-state index in [1.165, 1.54) is 0 Å². The summed E-state index contributed by atoms with van der Waals surface area (Å²) in [6.07, 6.45) is -0.0430. The molecule has 0 aliphatic carbocycles. The van der Waals surface area contributed by atoms with Crippen LogP contribution in [0.5, 0.6) is 0 Å². The third-order valence-electron chi connectivity index (χ3n) is 0.544. The van der Waals surface area contributed by atoms with Gasteiger partial charge in [0, 0.05) is 0 Å². The zero-order valence-electron chi connectivity index (χ0n) is 7.71. The van der Waals surface area contributed by atoms with Crippen molar-refractivity contribution in [2.75, 3.05) is 0 Å². The molecule has 0 N–H and O–H groups in total. The van der Waals surface area contributed by atoms with Crippen LogP contribution in [0.2, 0.25) is 0 Å². The Hall–Kier alpha value is -0.160. The third-order valence-corrected chi connectivity index (χ3v) is 0.544. The Bertz CT molecular complexity index is 95.1. The summed E-state index contributed by atoms with van der Waals surface area (Å²) in [5.41, 5.74) is -0.389. The second kappa shape index (κ2) is 4.66. The van der Waals surface area contributed by atoms with Crippen molar-refractivity contribution in [2.45, 2.75) is 46.3 Å². The predicted octanol–water partition coefficient (Wildman–Crippen LogP) is 2.00. The summed E-state index contributed by atoms with van der Waals surface area (Å²) in [5.74, 6) is 0. The normalized spacial score (nSPS) is 12.5. The molecule has 0 aromatic carbocycles. The molecule has 0 saturated heterocycles. The highest BCUT2D eigenvalue weighted by Crippen LogP contribution is 2.07. The van der Waals surface area contributed by atoms with E-state index < -0.39 is 0 Å². The zero-order chi connectivity index (χ0) is 8.91. The van der Waals surface area contributed by atoms with Crippen LogP contribution >= 0.6 is 0 Å². The fourth-order valence-corrected chi connectivity index (χ4v) is 0.211. The van der Waals surface area contributed by atoms with Gasteiger partial charge in [-0.2, -0.15) is 4.89 Å². The van der Waals surface area contributed by atoms with Crippen molar-refractivity contribution in [3.63, 3.8) is 0 Å². The molecular weight excluding hydrogens is 148 g/mol. The van der Waals surface area contributed by atoms with Crippen LogP contribution < -0.4 is 0 Å². The van der Waals surface area contributed by atoms with Crippen LogP contribution in [0.3, 0.4) is 0 Å². The van der Waals surface area contributed by atoms with Gasteiger partial charge in [-0.05, 0) is 44.7 Å². The first-order chi connectivity index (χ1) is 4.92. The molecule has 0 unspecified atom stereocenters. The first-order valence-electron chi connectivity index (χ1n) is 3.59. The Balaban J connectivity index is 3.15. The molecule has 0 bridgehead atoms. The fourth-order valence-electron chi connectivity index (χ4n) is 0.211. The average Bonchev–Trinajstić information content (AvgIpc) is 1.78. The van der Waals surface area contributed by atoms with Crippen molar-refractivity contribution in [3.05, 3.63) is 0 Å². The maximum absolute atomic E-state index is 4.73. The lowest BCUT2D eigenvalue weighted by Crippen LogP contribution is -2.20. The topological polar surface area (TPSA) is 36.9 Å². The van der Waals surface area contributed by atoms with E-state index in [0.717, 1.165) is 0 Å². The molecule has 0 rings (SSSR count). The molecule has 0 radical (unpaired) electrons. The van der Waals surface area contributed by atoms with Gasteiger partial charge in [-0.15, -0.1) is 0 Å². The molecule has 0 fully saturated rings. The van der Waals surface area contributed by atoms with Gasteiger partial charge >= 0.3 is 0 Å². The first kappa shape index (κ1) is 10.8. The van der Waals surface area contributed by atoms with Gasteiger partial charge in [0.15, 0.2) is 0 Å². The van der Waals surface area contributed by atoms with Crippen LogP contribution in [0.15, 0.2) is 0 Å². The second-order valence-electron chi connectivity index (χ2n) is 3.48. The summed E-state index contributed by atoms with van der Waals surface area (Å²) in [7, 11) is 0. The standard InChI is InChI=1S/C7H16O4/c1-6(2)8-10-11-9-7(3,4)5/h6H,1-5H3.